The number of nitrogens with one attached hydrogen (secondary N) is 1. The van der Waals surface area contributed by atoms with Crippen molar-refractivity contribution in [2.75, 3.05) is 19.0 Å². The molecule has 3 aromatic carbocycles. The molecule has 1 amide bonds. The molecule has 0 bridgehead atoms. The second-order valence-corrected chi connectivity index (χ2v) is 6.28. The lowest BCUT2D eigenvalue weighted by molar-refractivity contribution is -0.111. The van der Waals surface area contributed by atoms with Gasteiger partial charge in [0.15, 0.2) is 0 Å². The largest absolute Gasteiger partial charge is 0.497 e. The van der Waals surface area contributed by atoms with Gasteiger partial charge in [0, 0.05) is 11.3 Å². The first-order valence-corrected chi connectivity index (χ1v) is 9.26. The zero-order valence-corrected chi connectivity index (χ0v) is 16.3. The summed E-state index contributed by atoms with van der Waals surface area (Å²) in [5.41, 5.74) is 3.01. The minimum absolute atomic E-state index is 0.188. The van der Waals surface area contributed by atoms with Gasteiger partial charge in [0.1, 0.15) is 18.1 Å². The van der Waals surface area contributed by atoms with Crippen molar-refractivity contribution in [2.45, 2.75) is 0 Å². The first-order chi connectivity index (χ1) is 14.2. The maximum Gasteiger partial charge on any atom is 0.256 e. The predicted molar refractivity (Wildman–Crippen MR) is 118 cm³/mol. The summed E-state index contributed by atoms with van der Waals surface area (Å²) in [4.78, 5) is 13.0. The summed E-state index contributed by atoms with van der Waals surface area (Å²) in [6, 6.07) is 24.4. The average Bonchev–Trinajstić information content (AvgIpc) is 2.78. The summed E-state index contributed by atoms with van der Waals surface area (Å²) in [5.74, 6) is 1.30. The summed E-state index contributed by atoms with van der Waals surface area (Å²) in [7, 11) is 1.63. The van der Waals surface area contributed by atoms with Gasteiger partial charge in [0.05, 0.1) is 7.11 Å². The molecule has 29 heavy (non-hydrogen) atoms. The molecule has 3 rings (SSSR count). The second-order valence-electron chi connectivity index (χ2n) is 6.28. The number of carbonyl (C=O) groups is 1. The van der Waals surface area contributed by atoms with E-state index in [4.69, 9.17) is 9.47 Å². The lowest BCUT2D eigenvalue weighted by Crippen LogP contribution is -2.13. The van der Waals surface area contributed by atoms with Crippen molar-refractivity contribution in [3.63, 3.8) is 0 Å². The van der Waals surface area contributed by atoms with E-state index in [2.05, 4.69) is 11.9 Å². The van der Waals surface area contributed by atoms with Gasteiger partial charge in [-0.15, -0.1) is 0 Å². The standard InChI is InChI=1S/C25H23NO3/c1-3-17-29-23-15-11-21(12-16-23)26-25(27)24(20-7-5-4-6-8-20)18-19-9-13-22(28-2)14-10-19/h3-16,18H,1,17H2,2H3,(H,26,27)/b24-18+. The molecule has 4 heteroatoms. The lowest BCUT2D eigenvalue weighted by Gasteiger charge is -2.11. The average molecular weight is 385 g/mol. The van der Waals surface area contributed by atoms with Gasteiger partial charge in [-0.2, -0.15) is 0 Å². The Labute approximate surface area is 171 Å². The van der Waals surface area contributed by atoms with Gasteiger partial charge in [0.25, 0.3) is 5.91 Å². The molecule has 3 aromatic rings. The Kier molecular flexibility index (Phi) is 6.85. The number of anilines is 1. The van der Waals surface area contributed by atoms with E-state index in [1.807, 2.05) is 84.9 Å². The van der Waals surface area contributed by atoms with Crippen LogP contribution in [0.25, 0.3) is 11.6 Å². The summed E-state index contributed by atoms with van der Waals surface area (Å²) < 4.78 is 10.7. The van der Waals surface area contributed by atoms with Crippen LogP contribution in [0.1, 0.15) is 11.1 Å². The Hall–Kier alpha value is -3.79. The fourth-order valence-electron chi connectivity index (χ4n) is 2.75. The van der Waals surface area contributed by atoms with Gasteiger partial charge >= 0.3 is 0 Å². The molecular formula is C25H23NO3. The van der Waals surface area contributed by atoms with Gasteiger partial charge in [0.2, 0.25) is 0 Å². The molecule has 0 saturated carbocycles. The van der Waals surface area contributed by atoms with Crippen molar-refractivity contribution in [3.05, 3.63) is 103 Å². The number of amides is 1. The first kappa shape index (κ1) is 20.0. The maximum absolute atomic E-state index is 13.0. The minimum atomic E-state index is -0.188. The minimum Gasteiger partial charge on any atom is -0.497 e. The molecule has 0 unspecified atom stereocenters. The number of ether oxygens (including phenoxy) is 2. The van der Waals surface area contributed by atoms with E-state index < -0.39 is 0 Å². The Bertz CT molecular complexity index is 975. The third-order valence-electron chi connectivity index (χ3n) is 4.24. The van der Waals surface area contributed by atoms with Gasteiger partial charge in [-0.3, -0.25) is 4.79 Å². The Balaban J connectivity index is 1.84. The number of hydrogen-bond donors (Lipinski definition) is 1. The molecule has 0 atom stereocenters. The highest BCUT2D eigenvalue weighted by molar-refractivity contribution is 6.29. The van der Waals surface area contributed by atoms with E-state index in [0.717, 1.165) is 22.6 Å². The smallest absolute Gasteiger partial charge is 0.256 e. The van der Waals surface area contributed by atoms with Crippen LogP contribution < -0.4 is 14.8 Å². The number of rotatable bonds is 8. The Morgan fingerprint density at radius 1 is 0.931 bits per heavy atom. The molecule has 0 aliphatic rings. The maximum atomic E-state index is 13.0. The number of benzene rings is 3. The summed E-state index contributed by atoms with van der Waals surface area (Å²) in [6.07, 6.45) is 3.55. The quantitative estimate of drug-likeness (QED) is 0.319. The molecule has 0 heterocycles. The van der Waals surface area contributed by atoms with E-state index in [1.54, 1.807) is 13.2 Å². The van der Waals surface area contributed by atoms with Crippen LogP contribution >= 0.6 is 0 Å². The second kappa shape index (κ2) is 9.95. The molecular weight excluding hydrogens is 362 g/mol. The molecule has 0 fully saturated rings. The summed E-state index contributed by atoms with van der Waals surface area (Å²) in [5, 5.41) is 2.96. The van der Waals surface area contributed by atoms with Gasteiger partial charge in [-0.05, 0) is 53.6 Å². The van der Waals surface area contributed by atoms with Crippen molar-refractivity contribution in [1.82, 2.24) is 0 Å². The topological polar surface area (TPSA) is 47.6 Å². The SMILES string of the molecule is C=CCOc1ccc(NC(=O)/C(=C/c2ccc(OC)cc2)c2ccccc2)cc1. The normalized spacial score (nSPS) is 10.9. The van der Waals surface area contributed by atoms with Crippen LogP contribution in [0, 0.1) is 0 Å². The molecule has 0 radical (unpaired) electrons. The Morgan fingerprint density at radius 3 is 2.21 bits per heavy atom. The zero-order chi connectivity index (χ0) is 20.5. The zero-order valence-electron chi connectivity index (χ0n) is 16.3. The van der Waals surface area contributed by atoms with Crippen LogP contribution in [0.3, 0.4) is 0 Å². The van der Waals surface area contributed by atoms with Crippen LogP contribution in [-0.4, -0.2) is 19.6 Å². The molecule has 0 aliphatic carbocycles. The molecule has 0 aromatic heterocycles. The van der Waals surface area contributed by atoms with Crippen molar-refractivity contribution in [3.8, 4) is 11.5 Å². The molecule has 4 nitrogen and oxygen atoms in total. The highest BCUT2D eigenvalue weighted by Gasteiger charge is 2.13. The van der Waals surface area contributed by atoms with E-state index in [1.165, 1.54) is 0 Å². The van der Waals surface area contributed by atoms with E-state index >= 15 is 0 Å². The van der Waals surface area contributed by atoms with Gasteiger partial charge < -0.3 is 14.8 Å². The summed E-state index contributed by atoms with van der Waals surface area (Å²) >= 11 is 0. The fourth-order valence-corrected chi connectivity index (χ4v) is 2.75. The molecule has 0 spiro atoms. The first-order valence-electron chi connectivity index (χ1n) is 9.26. The molecule has 1 N–H and O–H groups in total. The monoisotopic (exact) mass is 385 g/mol. The van der Waals surface area contributed by atoms with Crippen LogP contribution in [0.4, 0.5) is 5.69 Å². The highest BCUT2D eigenvalue weighted by Crippen LogP contribution is 2.23. The molecule has 0 saturated heterocycles. The van der Waals surface area contributed by atoms with Crippen LogP contribution in [0.5, 0.6) is 11.5 Å². The van der Waals surface area contributed by atoms with Crippen LogP contribution in [0.2, 0.25) is 0 Å². The fraction of sp³-hybridized carbons (Fsp3) is 0.0800. The van der Waals surface area contributed by atoms with Crippen LogP contribution in [-0.2, 0) is 4.79 Å². The van der Waals surface area contributed by atoms with E-state index in [0.29, 0.717) is 17.9 Å². The number of carbonyl (C=O) groups excluding carboxylic acids is 1. The summed E-state index contributed by atoms with van der Waals surface area (Å²) in [6.45, 7) is 4.07. The number of methoxy groups -OCH3 is 1. The number of hydrogen-bond acceptors (Lipinski definition) is 3. The van der Waals surface area contributed by atoms with E-state index in [9.17, 15) is 4.79 Å². The third-order valence-corrected chi connectivity index (χ3v) is 4.24. The van der Waals surface area contributed by atoms with Crippen molar-refractivity contribution in [1.29, 1.82) is 0 Å². The van der Waals surface area contributed by atoms with Crippen molar-refractivity contribution < 1.29 is 14.3 Å². The highest BCUT2D eigenvalue weighted by atomic mass is 16.5. The van der Waals surface area contributed by atoms with Crippen molar-refractivity contribution in [2.24, 2.45) is 0 Å². The predicted octanol–water partition coefficient (Wildman–Crippen LogP) is 5.44. The van der Waals surface area contributed by atoms with Gasteiger partial charge in [-0.1, -0.05) is 55.1 Å². The molecule has 0 aliphatic heterocycles. The van der Waals surface area contributed by atoms with Crippen LogP contribution in [0.15, 0.2) is 91.5 Å². The molecule has 146 valence electrons. The lowest BCUT2D eigenvalue weighted by atomic mass is 10.0. The Morgan fingerprint density at radius 2 is 1.59 bits per heavy atom. The van der Waals surface area contributed by atoms with E-state index in [-0.39, 0.29) is 5.91 Å². The third kappa shape index (κ3) is 5.59. The van der Waals surface area contributed by atoms with Crippen molar-refractivity contribution >= 4 is 23.2 Å². The van der Waals surface area contributed by atoms with Gasteiger partial charge in [-0.25, -0.2) is 0 Å².